The van der Waals surface area contributed by atoms with Gasteiger partial charge in [-0.05, 0) is 56.5 Å². The summed E-state index contributed by atoms with van der Waals surface area (Å²) < 4.78 is 21.5. The summed E-state index contributed by atoms with van der Waals surface area (Å²) in [5, 5.41) is 6.95. The van der Waals surface area contributed by atoms with Crippen molar-refractivity contribution in [2.45, 2.75) is 39.3 Å². The Morgan fingerprint density at radius 3 is 2.66 bits per heavy atom. The number of hydrogen-bond donors (Lipinski definition) is 1. The van der Waals surface area contributed by atoms with Crippen LogP contribution in [-0.2, 0) is 11.4 Å². The lowest BCUT2D eigenvalue weighted by molar-refractivity contribution is -0.117. The lowest BCUT2D eigenvalue weighted by atomic mass is 10.0. The van der Waals surface area contributed by atoms with E-state index in [9.17, 15) is 9.59 Å². The maximum absolute atomic E-state index is 12.4. The van der Waals surface area contributed by atoms with Crippen LogP contribution in [0.25, 0.3) is 6.08 Å². The van der Waals surface area contributed by atoms with Gasteiger partial charge in [-0.25, -0.2) is 0 Å². The molecule has 3 heterocycles. The third kappa shape index (κ3) is 5.92. The Balaban J connectivity index is 1.28. The van der Waals surface area contributed by atoms with Gasteiger partial charge in [0.1, 0.15) is 18.6 Å². The predicted molar refractivity (Wildman–Crippen MR) is 128 cm³/mol. The largest absolute Gasteiger partial charge is 0.493 e. The van der Waals surface area contributed by atoms with Crippen molar-refractivity contribution in [3.8, 4) is 11.5 Å². The second-order valence-electron chi connectivity index (χ2n) is 8.42. The van der Waals surface area contributed by atoms with Crippen LogP contribution in [-0.4, -0.2) is 48.1 Å². The summed E-state index contributed by atoms with van der Waals surface area (Å²) >= 11 is 0. The lowest BCUT2D eigenvalue weighted by Crippen LogP contribution is -2.46. The number of ether oxygens (including phenoxy) is 2. The van der Waals surface area contributed by atoms with Gasteiger partial charge in [-0.1, -0.05) is 11.2 Å². The minimum absolute atomic E-state index is 0.0233. The van der Waals surface area contributed by atoms with Crippen molar-refractivity contribution in [1.82, 2.24) is 15.4 Å². The normalized spacial score (nSPS) is 14.3. The van der Waals surface area contributed by atoms with E-state index in [2.05, 4.69) is 10.5 Å². The molecule has 9 nitrogen and oxygen atoms in total. The number of likely N-dealkylation sites (tertiary alicyclic amines) is 1. The molecular weight excluding hydrogens is 450 g/mol. The van der Waals surface area contributed by atoms with Gasteiger partial charge in [-0.2, -0.15) is 0 Å². The number of hydrogen-bond acceptors (Lipinski definition) is 7. The number of nitrogens with one attached hydrogen (secondary N) is 1. The average Bonchev–Trinajstić information content (AvgIpc) is 3.52. The molecule has 4 rings (SSSR count). The molecule has 184 valence electrons. The van der Waals surface area contributed by atoms with E-state index in [1.807, 2.05) is 26.0 Å². The predicted octanol–water partition coefficient (Wildman–Crippen LogP) is 3.91. The summed E-state index contributed by atoms with van der Waals surface area (Å²) in [6.45, 7) is 5.21. The van der Waals surface area contributed by atoms with Crippen LogP contribution in [0.4, 0.5) is 0 Å². The Labute approximate surface area is 203 Å². The van der Waals surface area contributed by atoms with Crippen molar-refractivity contribution in [1.29, 1.82) is 0 Å². The fourth-order valence-corrected chi connectivity index (χ4v) is 3.98. The molecule has 0 bridgehead atoms. The van der Waals surface area contributed by atoms with Crippen LogP contribution >= 0.6 is 0 Å². The fourth-order valence-electron chi connectivity index (χ4n) is 3.98. The van der Waals surface area contributed by atoms with E-state index >= 15 is 0 Å². The van der Waals surface area contributed by atoms with E-state index in [0.29, 0.717) is 49.6 Å². The third-order valence-corrected chi connectivity index (χ3v) is 6.06. The highest BCUT2D eigenvalue weighted by Crippen LogP contribution is 2.30. The standard InChI is InChI=1S/C26H29N3O6/c1-17-22(18(2)35-28-17)16-34-23-6-4-19(14-24(23)32-3)5-7-25(30)27-21-8-11-29(12-9-21)26(31)20-10-13-33-15-20/h4-7,10,13-15,21H,8-9,11-12,16H2,1-3H3,(H,27,30)/b7-5+. The zero-order chi connectivity index (χ0) is 24.8. The van der Waals surface area contributed by atoms with Crippen molar-refractivity contribution in [3.05, 3.63) is 71.0 Å². The summed E-state index contributed by atoms with van der Waals surface area (Å²) in [4.78, 5) is 26.6. The Hall–Kier alpha value is -4.01. The molecule has 0 spiro atoms. The van der Waals surface area contributed by atoms with Crippen LogP contribution in [0.1, 0.15) is 45.8 Å². The summed E-state index contributed by atoms with van der Waals surface area (Å²) in [6.07, 6.45) is 7.58. The Kier molecular flexibility index (Phi) is 7.54. The first-order valence-electron chi connectivity index (χ1n) is 11.5. The van der Waals surface area contributed by atoms with Gasteiger partial charge in [-0.3, -0.25) is 9.59 Å². The monoisotopic (exact) mass is 479 g/mol. The summed E-state index contributed by atoms with van der Waals surface area (Å²) in [5.41, 5.74) is 3.06. The van der Waals surface area contributed by atoms with Crippen LogP contribution in [0.2, 0.25) is 0 Å². The summed E-state index contributed by atoms with van der Waals surface area (Å²) in [7, 11) is 1.57. The van der Waals surface area contributed by atoms with Gasteiger partial charge in [0.2, 0.25) is 5.91 Å². The van der Waals surface area contributed by atoms with Crippen molar-refractivity contribution in [3.63, 3.8) is 0 Å². The Bertz CT molecular complexity index is 1170. The van der Waals surface area contributed by atoms with Gasteiger partial charge in [0, 0.05) is 25.2 Å². The molecule has 0 saturated carbocycles. The maximum atomic E-state index is 12.4. The minimum Gasteiger partial charge on any atom is -0.493 e. The van der Waals surface area contributed by atoms with E-state index in [-0.39, 0.29) is 17.9 Å². The summed E-state index contributed by atoms with van der Waals surface area (Å²) in [5.74, 6) is 1.65. The molecular formula is C26H29N3O6. The van der Waals surface area contributed by atoms with Crippen molar-refractivity contribution in [2.24, 2.45) is 0 Å². The van der Waals surface area contributed by atoms with Gasteiger partial charge in [0.15, 0.2) is 11.5 Å². The molecule has 0 unspecified atom stereocenters. The number of methoxy groups -OCH3 is 1. The molecule has 1 aromatic carbocycles. The van der Waals surface area contributed by atoms with Gasteiger partial charge in [0.05, 0.1) is 30.2 Å². The highest BCUT2D eigenvalue weighted by Gasteiger charge is 2.24. The molecule has 1 saturated heterocycles. The van der Waals surface area contributed by atoms with Gasteiger partial charge in [0.25, 0.3) is 5.91 Å². The second-order valence-corrected chi connectivity index (χ2v) is 8.42. The molecule has 2 amide bonds. The zero-order valence-corrected chi connectivity index (χ0v) is 20.1. The molecule has 1 aliphatic heterocycles. The number of nitrogens with zero attached hydrogens (tertiary/aromatic N) is 2. The quantitative estimate of drug-likeness (QED) is 0.488. The van der Waals surface area contributed by atoms with E-state index in [0.717, 1.165) is 22.6 Å². The van der Waals surface area contributed by atoms with Crippen LogP contribution in [0, 0.1) is 13.8 Å². The SMILES string of the molecule is COc1cc(/C=C/C(=O)NC2CCN(C(=O)c3ccoc3)CC2)ccc1OCc1c(C)noc1C. The molecule has 1 N–H and O–H groups in total. The highest BCUT2D eigenvalue weighted by atomic mass is 16.5. The van der Waals surface area contributed by atoms with E-state index in [1.54, 1.807) is 30.2 Å². The Morgan fingerprint density at radius 2 is 2.00 bits per heavy atom. The molecule has 0 radical (unpaired) electrons. The minimum atomic E-state index is -0.178. The first kappa shape index (κ1) is 24.1. The van der Waals surface area contributed by atoms with Gasteiger partial charge >= 0.3 is 0 Å². The number of aromatic nitrogens is 1. The van der Waals surface area contributed by atoms with E-state index in [1.165, 1.54) is 18.6 Å². The third-order valence-electron chi connectivity index (χ3n) is 6.06. The van der Waals surface area contributed by atoms with E-state index < -0.39 is 0 Å². The fraction of sp³-hybridized carbons (Fsp3) is 0.346. The van der Waals surface area contributed by atoms with Crippen LogP contribution in [0.3, 0.4) is 0 Å². The smallest absolute Gasteiger partial charge is 0.257 e. The number of carbonyl (C=O) groups excluding carboxylic acids is 2. The summed E-state index contributed by atoms with van der Waals surface area (Å²) in [6, 6.07) is 7.16. The van der Waals surface area contributed by atoms with Crippen molar-refractivity contribution < 1.29 is 28.0 Å². The van der Waals surface area contributed by atoms with Gasteiger partial charge < -0.3 is 28.6 Å². The number of aryl methyl sites for hydroxylation is 2. The first-order valence-corrected chi connectivity index (χ1v) is 11.5. The number of furan rings is 1. The number of amides is 2. The number of piperidine rings is 1. The number of carbonyl (C=O) groups is 2. The van der Waals surface area contributed by atoms with Crippen molar-refractivity contribution >= 4 is 17.9 Å². The molecule has 2 aromatic heterocycles. The maximum Gasteiger partial charge on any atom is 0.257 e. The highest BCUT2D eigenvalue weighted by molar-refractivity contribution is 5.94. The topological polar surface area (TPSA) is 107 Å². The first-order chi connectivity index (χ1) is 16.9. The number of benzene rings is 1. The van der Waals surface area contributed by atoms with E-state index in [4.69, 9.17) is 18.4 Å². The molecule has 0 atom stereocenters. The second kappa shape index (κ2) is 10.9. The molecule has 3 aromatic rings. The van der Waals surface area contributed by atoms with Crippen LogP contribution in [0.5, 0.6) is 11.5 Å². The lowest BCUT2D eigenvalue weighted by Gasteiger charge is -2.32. The molecule has 0 aliphatic carbocycles. The Morgan fingerprint density at radius 1 is 1.20 bits per heavy atom. The molecule has 9 heteroatoms. The van der Waals surface area contributed by atoms with Crippen LogP contribution in [0.15, 0.2) is 51.8 Å². The average molecular weight is 480 g/mol. The van der Waals surface area contributed by atoms with Crippen LogP contribution < -0.4 is 14.8 Å². The zero-order valence-electron chi connectivity index (χ0n) is 20.1. The molecule has 35 heavy (non-hydrogen) atoms. The molecule has 1 fully saturated rings. The van der Waals surface area contributed by atoms with Gasteiger partial charge in [-0.15, -0.1) is 0 Å². The van der Waals surface area contributed by atoms with Crippen molar-refractivity contribution in [2.75, 3.05) is 20.2 Å². The number of rotatable bonds is 8. The molecule has 1 aliphatic rings.